The van der Waals surface area contributed by atoms with Gasteiger partial charge in [0.05, 0.1) is 17.3 Å². The molecule has 0 fully saturated rings. The Morgan fingerprint density at radius 3 is 2.50 bits per heavy atom. The largest absolute Gasteiger partial charge is 0.345 e. The molecule has 0 heterocycles. The summed E-state index contributed by atoms with van der Waals surface area (Å²) < 4.78 is 0. The van der Waals surface area contributed by atoms with Gasteiger partial charge in [0.15, 0.2) is 0 Å². The van der Waals surface area contributed by atoms with Crippen LogP contribution in [0.1, 0.15) is 17.3 Å². The molecule has 0 aromatic heterocycles. The Kier molecular flexibility index (Phi) is 4.69. The SMILES string of the molecule is CC(N)C(=O)Nc1cc(Cl)ccc1C(=O)N(C)C. The number of nitrogens with zero attached hydrogens (tertiary/aromatic N) is 1. The predicted octanol–water partition coefficient (Wildman–Crippen LogP) is 1.33. The van der Waals surface area contributed by atoms with Gasteiger partial charge in [-0.1, -0.05) is 11.6 Å². The summed E-state index contributed by atoms with van der Waals surface area (Å²) in [4.78, 5) is 24.9. The maximum Gasteiger partial charge on any atom is 0.255 e. The number of benzene rings is 1. The molecule has 0 aliphatic heterocycles. The normalized spacial score (nSPS) is 11.8. The number of halogens is 1. The second-order valence-corrected chi connectivity index (χ2v) is 4.60. The Balaban J connectivity index is 3.12. The van der Waals surface area contributed by atoms with Crippen molar-refractivity contribution in [2.24, 2.45) is 5.73 Å². The summed E-state index contributed by atoms with van der Waals surface area (Å²) in [7, 11) is 3.27. The summed E-state index contributed by atoms with van der Waals surface area (Å²) in [6, 6.07) is 4.03. The molecule has 0 bridgehead atoms. The molecule has 0 saturated heterocycles. The van der Waals surface area contributed by atoms with Crippen molar-refractivity contribution < 1.29 is 9.59 Å². The van der Waals surface area contributed by atoms with Crippen LogP contribution in [0.4, 0.5) is 5.69 Å². The van der Waals surface area contributed by atoms with Gasteiger partial charge >= 0.3 is 0 Å². The van der Waals surface area contributed by atoms with Crippen molar-refractivity contribution >= 4 is 29.1 Å². The van der Waals surface area contributed by atoms with Crippen LogP contribution in [0.25, 0.3) is 0 Å². The van der Waals surface area contributed by atoms with E-state index in [1.807, 2.05) is 0 Å². The molecule has 98 valence electrons. The van der Waals surface area contributed by atoms with E-state index in [0.717, 1.165) is 0 Å². The molecule has 0 spiro atoms. The van der Waals surface area contributed by atoms with Crippen molar-refractivity contribution in [2.75, 3.05) is 19.4 Å². The van der Waals surface area contributed by atoms with Crippen molar-refractivity contribution in [1.82, 2.24) is 4.90 Å². The van der Waals surface area contributed by atoms with E-state index < -0.39 is 6.04 Å². The number of hydrogen-bond acceptors (Lipinski definition) is 3. The van der Waals surface area contributed by atoms with Gasteiger partial charge in [-0.15, -0.1) is 0 Å². The monoisotopic (exact) mass is 269 g/mol. The topological polar surface area (TPSA) is 75.4 Å². The number of amides is 2. The van der Waals surface area contributed by atoms with Crippen LogP contribution in [0.15, 0.2) is 18.2 Å². The number of hydrogen-bond donors (Lipinski definition) is 2. The standard InChI is InChI=1S/C12H16ClN3O2/c1-7(14)11(17)15-10-6-8(13)4-5-9(10)12(18)16(2)3/h4-7H,14H2,1-3H3,(H,15,17). The number of anilines is 1. The molecule has 1 aromatic carbocycles. The number of nitrogens with two attached hydrogens (primary N) is 1. The van der Waals surface area contributed by atoms with Crippen LogP contribution in [-0.4, -0.2) is 36.9 Å². The van der Waals surface area contributed by atoms with Crippen LogP contribution >= 0.6 is 11.6 Å². The summed E-state index contributed by atoms with van der Waals surface area (Å²) in [6.07, 6.45) is 0. The lowest BCUT2D eigenvalue weighted by Gasteiger charge is -2.16. The molecule has 0 saturated carbocycles. The third-order valence-electron chi connectivity index (χ3n) is 2.29. The zero-order valence-corrected chi connectivity index (χ0v) is 11.3. The molecule has 18 heavy (non-hydrogen) atoms. The summed E-state index contributed by atoms with van der Waals surface area (Å²) in [5.41, 5.74) is 6.21. The first-order chi connectivity index (χ1) is 8.32. The minimum absolute atomic E-state index is 0.216. The third kappa shape index (κ3) is 3.45. The number of rotatable bonds is 3. The quantitative estimate of drug-likeness (QED) is 0.869. The molecule has 6 heteroatoms. The molecule has 3 N–H and O–H groups in total. The fraction of sp³-hybridized carbons (Fsp3) is 0.333. The molecule has 2 amide bonds. The van der Waals surface area contributed by atoms with Crippen molar-refractivity contribution in [2.45, 2.75) is 13.0 Å². The van der Waals surface area contributed by atoms with E-state index in [1.54, 1.807) is 33.2 Å². The Bertz CT molecular complexity index is 472. The number of carbonyl (C=O) groups is 2. The van der Waals surface area contributed by atoms with Gasteiger partial charge in [0, 0.05) is 19.1 Å². The van der Waals surface area contributed by atoms with Gasteiger partial charge in [-0.3, -0.25) is 9.59 Å². The average Bonchev–Trinajstić information content (AvgIpc) is 2.28. The van der Waals surface area contributed by atoms with Gasteiger partial charge in [0.25, 0.3) is 5.91 Å². The average molecular weight is 270 g/mol. The van der Waals surface area contributed by atoms with Crippen molar-refractivity contribution in [3.05, 3.63) is 28.8 Å². The van der Waals surface area contributed by atoms with Crippen LogP contribution in [0, 0.1) is 0 Å². The van der Waals surface area contributed by atoms with Gasteiger partial charge in [0.2, 0.25) is 5.91 Å². The zero-order chi connectivity index (χ0) is 13.9. The second-order valence-electron chi connectivity index (χ2n) is 4.17. The van der Waals surface area contributed by atoms with Gasteiger partial charge in [-0.05, 0) is 25.1 Å². The van der Waals surface area contributed by atoms with Crippen LogP contribution < -0.4 is 11.1 Å². The van der Waals surface area contributed by atoms with Gasteiger partial charge in [0.1, 0.15) is 0 Å². The second kappa shape index (κ2) is 5.84. The molecular weight excluding hydrogens is 254 g/mol. The van der Waals surface area contributed by atoms with E-state index >= 15 is 0 Å². The maximum absolute atomic E-state index is 11.9. The van der Waals surface area contributed by atoms with Gasteiger partial charge in [-0.2, -0.15) is 0 Å². The van der Waals surface area contributed by atoms with E-state index in [0.29, 0.717) is 16.3 Å². The van der Waals surface area contributed by atoms with Crippen LogP contribution in [-0.2, 0) is 4.79 Å². The van der Waals surface area contributed by atoms with E-state index in [9.17, 15) is 9.59 Å². The highest BCUT2D eigenvalue weighted by Gasteiger charge is 2.16. The fourth-order valence-electron chi connectivity index (χ4n) is 1.29. The highest BCUT2D eigenvalue weighted by atomic mass is 35.5. The molecule has 0 aliphatic rings. The Hall–Kier alpha value is -1.59. The molecule has 0 radical (unpaired) electrons. The van der Waals surface area contributed by atoms with Crippen molar-refractivity contribution in [3.8, 4) is 0 Å². The smallest absolute Gasteiger partial charge is 0.255 e. The lowest BCUT2D eigenvalue weighted by molar-refractivity contribution is -0.117. The van der Waals surface area contributed by atoms with E-state index in [1.165, 1.54) is 11.0 Å². The molecule has 1 atom stereocenters. The summed E-state index contributed by atoms with van der Waals surface area (Å²) in [6.45, 7) is 1.56. The molecule has 1 unspecified atom stereocenters. The summed E-state index contributed by atoms with van der Waals surface area (Å²) >= 11 is 5.86. The molecule has 5 nitrogen and oxygen atoms in total. The molecule has 1 rings (SSSR count). The lowest BCUT2D eigenvalue weighted by Crippen LogP contribution is -2.33. The Morgan fingerprint density at radius 1 is 1.39 bits per heavy atom. The van der Waals surface area contributed by atoms with Crippen molar-refractivity contribution in [1.29, 1.82) is 0 Å². The van der Waals surface area contributed by atoms with Crippen LogP contribution in [0.2, 0.25) is 5.02 Å². The summed E-state index contributed by atoms with van der Waals surface area (Å²) in [5, 5.41) is 3.03. The third-order valence-corrected chi connectivity index (χ3v) is 2.52. The van der Waals surface area contributed by atoms with Crippen LogP contribution in [0.3, 0.4) is 0 Å². The van der Waals surface area contributed by atoms with Crippen molar-refractivity contribution in [3.63, 3.8) is 0 Å². The molecule has 1 aromatic rings. The zero-order valence-electron chi connectivity index (χ0n) is 10.5. The minimum atomic E-state index is -0.661. The first-order valence-electron chi connectivity index (χ1n) is 5.40. The minimum Gasteiger partial charge on any atom is -0.345 e. The lowest BCUT2D eigenvalue weighted by atomic mass is 10.1. The first kappa shape index (κ1) is 14.5. The van der Waals surface area contributed by atoms with E-state index in [4.69, 9.17) is 17.3 Å². The van der Waals surface area contributed by atoms with E-state index in [-0.39, 0.29) is 11.8 Å². The number of carbonyl (C=O) groups excluding carboxylic acids is 2. The fourth-order valence-corrected chi connectivity index (χ4v) is 1.47. The Labute approximate surface area is 111 Å². The van der Waals surface area contributed by atoms with Gasteiger partial charge in [-0.25, -0.2) is 0 Å². The maximum atomic E-state index is 11.9. The highest BCUT2D eigenvalue weighted by Crippen LogP contribution is 2.22. The Morgan fingerprint density at radius 2 is 2.00 bits per heavy atom. The molecular formula is C12H16ClN3O2. The predicted molar refractivity (Wildman–Crippen MR) is 71.7 cm³/mol. The highest BCUT2D eigenvalue weighted by molar-refractivity contribution is 6.31. The summed E-state index contributed by atoms with van der Waals surface area (Å²) in [5.74, 6) is -0.586. The number of nitrogens with one attached hydrogen (secondary N) is 1. The van der Waals surface area contributed by atoms with Crippen LogP contribution in [0.5, 0.6) is 0 Å². The molecule has 0 aliphatic carbocycles. The van der Waals surface area contributed by atoms with Gasteiger partial charge < -0.3 is 16.0 Å². The van der Waals surface area contributed by atoms with E-state index in [2.05, 4.69) is 5.32 Å². The first-order valence-corrected chi connectivity index (χ1v) is 5.78.